The third kappa shape index (κ3) is 9.13. The molecule has 1 aliphatic rings. The van der Waals surface area contributed by atoms with Crippen molar-refractivity contribution in [1.29, 1.82) is 0 Å². The Balaban J connectivity index is 1.70. The quantitative estimate of drug-likeness (QED) is 0.109. The van der Waals surface area contributed by atoms with Gasteiger partial charge in [-0.2, -0.15) is 0 Å². The largest absolute Gasteiger partial charge is 0.497 e. The number of hydrazine groups is 1. The second kappa shape index (κ2) is 15.6. The van der Waals surface area contributed by atoms with Gasteiger partial charge in [0.25, 0.3) is 5.91 Å². The van der Waals surface area contributed by atoms with E-state index in [0.29, 0.717) is 51.3 Å². The number of methoxy groups -OCH3 is 1. The van der Waals surface area contributed by atoms with E-state index in [4.69, 9.17) is 52.2 Å². The van der Waals surface area contributed by atoms with Gasteiger partial charge in [-0.05, 0) is 86.8 Å². The van der Waals surface area contributed by atoms with E-state index in [1.54, 1.807) is 88.5 Å². The highest BCUT2D eigenvalue weighted by atomic mass is 35.5. The first-order valence-electron chi connectivity index (χ1n) is 14.9. The lowest BCUT2D eigenvalue weighted by atomic mass is 9.83. The Bertz CT molecular complexity index is 1540. The maximum Gasteiger partial charge on any atom is 0.306 e. The van der Waals surface area contributed by atoms with E-state index in [-0.39, 0.29) is 31.9 Å². The number of amides is 1. The smallest absolute Gasteiger partial charge is 0.306 e. The topological polar surface area (TPSA) is 128 Å². The molecule has 10 nitrogen and oxygen atoms in total. The second-order valence-corrected chi connectivity index (χ2v) is 12.5. The van der Waals surface area contributed by atoms with Crippen LogP contribution in [0.5, 0.6) is 11.5 Å². The SMILES string of the molecule is COc1cccc([C@@H]2OC(c3ccc(OCCCO)cc3)=N[C@]2(CCC(=O)OC(C)(C)C)C(=O)NNCc2ccc(Cl)cc2Cl)c1. The fourth-order valence-corrected chi connectivity index (χ4v) is 5.33. The Kier molecular flexibility index (Phi) is 11.9. The molecule has 0 aromatic heterocycles. The van der Waals surface area contributed by atoms with Gasteiger partial charge in [0, 0.05) is 41.6 Å². The number of aliphatic hydroxyl groups excluding tert-OH is 1. The fourth-order valence-electron chi connectivity index (χ4n) is 4.85. The lowest BCUT2D eigenvalue weighted by Gasteiger charge is -2.31. The van der Waals surface area contributed by atoms with E-state index in [1.807, 2.05) is 6.07 Å². The number of carbonyl (C=O) groups is 2. The van der Waals surface area contributed by atoms with Crippen molar-refractivity contribution in [2.75, 3.05) is 20.3 Å². The van der Waals surface area contributed by atoms with Crippen LogP contribution in [0.1, 0.15) is 62.8 Å². The van der Waals surface area contributed by atoms with E-state index in [2.05, 4.69) is 10.9 Å². The summed E-state index contributed by atoms with van der Waals surface area (Å²) in [5.41, 5.74) is 5.37. The Morgan fingerprint density at radius 2 is 1.80 bits per heavy atom. The molecular formula is C34H39Cl2N3O7. The summed E-state index contributed by atoms with van der Waals surface area (Å²) in [6.07, 6.45) is -0.550. The molecule has 46 heavy (non-hydrogen) atoms. The first-order valence-corrected chi connectivity index (χ1v) is 15.6. The van der Waals surface area contributed by atoms with E-state index < -0.39 is 29.1 Å². The number of aliphatic hydroxyl groups is 1. The number of hydrogen-bond donors (Lipinski definition) is 3. The predicted octanol–water partition coefficient (Wildman–Crippen LogP) is 5.96. The highest BCUT2D eigenvalue weighted by Crippen LogP contribution is 2.44. The van der Waals surface area contributed by atoms with Crippen LogP contribution in [-0.4, -0.2) is 54.3 Å². The van der Waals surface area contributed by atoms with Crippen LogP contribution < -0.4 is 20.3 Å². The molecule has 0 unspecified atom stereocenters. The number of nitrogens with one attached hydrogen (secondary N) is 2. The Morgan fingerprint density at radius 1 is 1.04 bits per heavy atom. The standard InChI is InChI=1S/C34H39Cl2N3O7/c1-33(2,3)46-29(41)15-16-34(32(42)39-37-21-24-9-12-25(35)20-28(24)36)30(23-7-5-8-27(19-23)43-4)45-31(38-34)22-10-13-26(14-11-22)44-18-6-17-40/h5,7-14,19-20,30,37,40H,6,15-18,21H2,1-4H3,(H,39,42)/t30-,34-/m0/s1. The van der Waals surface area contributed by atoms with Gasteiger partial charge in [-0.25, -0.2) is 10.4 Å². The minimum atomic E-state index is -1.59. The summed E-state index contributed by atoms with van der Waals surface area (Å²) >= 11 is 12.4. The maximum atomic E-state index is 14.3. The molecule has 1 amide bonds. The fraction of sp³-hybridized carbons (Fsp3) is 0.382. The van der Waals surface area contributed by atoms with Crippen molar-refractivity contribution in [3.05, 3.63) is 93.5 Å². The Morgan fingerprint density at radius 3 is 2.48 bits per heavy atom. The number of carbonyl (C=O) groups excluding carboxylic acids is 2. The first kappa shape index (κ1) is 35.0. The number of benzene rings is 3. The summed E-state index contributed by atoms with van der Waals surface area (Å²) in [5.74, 6) is 0.399. The molecule has 0 radical (unpaired) electrons. The highest BCUT2D eigenvalue weighted by molar-refractivity contribution is 6.35. The van der Waals surface area contributed by atoms with Crippen LogP contribution in [-0.2, 0) is 25.6 Å². The van der Waals surface area contributed by atoms with Crippen LogP contribution >= 0.6 is 23.2 Å². The molecule has 3 aromatic rings. The minimum absolute atomic E-state index is 0.0230. The van der Waals surface area contributed by atoms with E-state index in [9.17, 15) is 9.59 Å². The minimum Gasteiger partial charge on any atom is -0.497 e. The molecule has 0 fully saturated rings. The lowest BCUT2D eigenvalue weighted by molar-refractivity contribution is -0.155. The van der Waals surface area contributed by atoms with Gasteiger partial charge in [0.2, 0.25) is 5.90 Å². The molecular weight excluding hydrogens is 633 g/mol. The van der Waals surface area contributed by atoms with Crippen molar-refractivity contribution in [3.8, 4) is 11.5 Å². The molecule has 3 aromatic carbocycles. The van der Waals surface area contributed by atoms with Crippen LogP contribution in [0.3, 0.4) is 0 Å². The van der Waals surface area contributed by atoms with Crippen molar-refractivity contribution < 1.29 is 33.6 Å². The number of aliphatic imine (C=N–C) groups is 1. The van der Waals surface area contributed by atoms with Crippen LogP contribution in [0.25, 0.3) is 0 Å². The number of esters is 1. The van der Waals surface area contributed by atoms with Gasteiger partial charge in [-0.1, -0.05) is 41.4 Å². The van der Waals surface area contributed by atoms with Crippen LogP contribution in [0.15, 0.2) is 71.7 Å². The zero-order chi connectivity index (χ0) is 33.3. The monoisotopic (exact) mass is 671 g/mol. The molecule has 0 aliphatic carbocycles. The van der Waals surface area contributed by atoms with Crippen LogP contribution in [0.2, 0.25) is 10.0 Å². The molecule has 1 aliphatic heterocycles. The van der Waals surface area contributed by atoms with Gasteiger partial charge in [0.05, 0.1) is 13.7 Å². The van der Waals surface area contributed by atoms with E-state index >= 15 is 0 Å². The van der Waals surface area contributed by atoms with Crippen LogP contribution in [0, 0.1) is 0 Å². The molecule has 246 valence electrons. The second-order valence-electron chi connectivity index (χ2n) is 11.7. The summed E-state index contributed by atoms with van der Waals surface area (Å²) < 4.78 is 23.2. The normalized spacial score (nSPS) is 17.5. The number of halogens is 2. The molecule has 4 rings (SSSR count). The van der Waals surface area contributed by atoms with Crippen molar-refractivity contribution in [2.45, 2.75) is 63.8 Å². The third-order valence-corrected chi connectivity index (χ3v) is 7.64. The molecule has 0 bridgehead atoms. The summed E-state index contributed by atoms with van der Waals surface area (Å²) in [6.45, 7) is 5.94. The molecule has 0 saturated heterocycles. The molecule has 3 N–H and O–H groups in total. The van der Waals surface area contributed by atoms with Gasteiger partial charge in [0.15, 0.2) is 11.6 Å². The molecule has 1 heterocycles. The third-order valence-electron chi connectivity index (χ3n) is 7.05. The summed E-state index contributed by atoms with van der Waals surface area (Å²) in [4.78, 5) is 32.1. The summed E-state index contributed by atoms with van der Waals surface area (Å²) in [6, 6.07) is 19.3. The van der Waals surface area contributed by atoms with E-state index in [1.165, 1.54) is 0 Å². The zero-order valence-corrected chi connectivity index (χ0v) is 27.8. The average molecular weight is 673 g/mol. The number of nitrogens with zero attached hydrogens (tertiary/aromatic N) is 1. The number of ether oxygens (including phenoxy) is 4. The van der Waals surface area contributed by atoms with Gasteiger partial charge in [0.1, 0.15) is 17.1 Å². The maximum absolute atomic E-state index is 14.3. The van der Waals surface area contributed by atoms with Gasteiger partial charge in [-0.3, -0.25) is 15.0 Å². The average Bonchev–Trinajstić information content (AvgIpc) is 3.42. The molecule has 0 saturated carbocycles. The Hall–Kier alpha value is -3.83. The van der Waals surface area contributed by atoms with Crippen molar-refractivity contribution in [2.24, 2.45) is 4.99 Å². The van der Waals surface area contributed by atoms with Gasteiger partial charge < -0.3 is 24.1 Å². The van der Waals surface area contributed by atoms with E-state index in [0.717, 1.165) is 0 Å². The summed E-state index contributed by atoms with van der Waals surface area (Å²) in [7, 11) is 1.55. The van der Waals surface area contributed by atoms with Crippen LogP contribution in [0.4, 0.5) is 0 Å². The predicted molar refractivity (Wildman–Crippen MR) is 176 cm³/mol. The zero-order valence-electron chi connectivity index (χ0n) is 26.3. The number of rotatable bonds is 14. The highest BCUT2D eigenvalue weighted by Gasteiger charge is 2.53. The Labute approximate surface area is 279 Å². The van der Waals surface area contributed by atoms with Crippen molar-refractivity contribution in [3.63, 3.8) is 0 Å². The number of hydrogen-bond acceptors (Lipinski definition) is 9. The van der Waals surface area contributed by atoms with Crippen molar-refractivity contribution >= 4 is 41.0 Å². The summed E-state index contributed by atoms with van der Waals surface area (Å²) in [5, 5.41) is 9.98. The van der Waals surface area contributed by atoms with Gasteiger partial charge >= 0.3 is 5.97 Å². The molecule has 2 atom stereocenters. The van der Waals surface area contributed by atoms with Gasteiger partial charge in [-0.15, -0.1) is 0 Å². The molecule has 0 spiro atoms. The molecule has 12 heteroatoms. The lowest BCUT2D eigenvalue weighted by Crippen LogP contribution is -2.52. The van der Waals surface area contributed by atoms with Crippen molar-refractivity contribution in [1.82, 2.24) is 10.9 Å². The first-order chi connectivity index (χ1) is 21.9.